The van der Waals surface area contributed by atoms with E-state index >= 15 is 0 Å². The van der Waals surface area contributed by atoms with Crippen molar-refractivity contribution in [3.63, 3.8) is 0 Å². The van der Waals surface area contributed by atoms with Gasteiger partial charge in [-0.25, -0.2) is 0 Å². The summed E-state index contributed by atoms with van der Waals surface area (Å²) in [6.45, 7) is 0. The first kappa shape index (κ1) is 12.3. The predicted molar refractivity (Wildman–Crippen MR) is 67.8 cm³/mol. The second-order valence-corrected chi connectivity index (χ2v) is 4.61. The normalized spacial score (nSPS) is 15.0. The number of aliphatic hydroxyl groups excluding tert-OH is 2. The van der Waals surface area contributed by atoms with E-state index in [9.17, 15) is 10.2 Å². The molecular weight excluding hydrogens is 288 g/mol. The maximum absolute atomic E-state index is 9.95. The van der Waals surface area contributed by atoms with E-state index in [1.54, 1.807) is 18.2 Å². The number of aliphatic hydroxyl groups is 2. The Morgan fingerprint density at radius 2 is 2.18 bits per heavy atom. The zero-order valence-corrected chi connectivity index (χ0v) is 10.6. The molecule has 5 nitrogen and oxygen atoms in total. The lowest BCUT2D eigenvalue weighted by Crippen LogP contribution is -2.18. The van der Waals surface area contributed by atoms with Crippen LogP contribution in [0.1, 0.15) is 18.1 Å². The minimum atomic E-state index is -0.939. The molecule has 0 fully saturated rings. The molecule has 2 rings (SSSR count). The molecule has 0 saturated heterocycles. The van der Waals surface area contributed by atoms with E-state index in [0.29, 0.717) is 28.3 Å². The summed E-state index contributed by atoms with van der Waals surface area (Å²) >= 11 is 3.22. The third kappa shape index (κ3) is 2.43. The van der Waals surface area contributed by atoms with Crippen LogP contribution in [0.3, 0.4) is 0 Å². The second kappa shape index (κ2) is 5.03. The number of nitrogen functional groups attached to an aromatic ring is 1. The highest BCUT2D eigenvalue weighted by molar-refractivity contribution is 9.09. The average molecular weight is 301 g/mol. The van der Waals surface area contributed by atoms with Crippen molar-refractivity contribution in [1.29, 1.82) is 0 Å². The number of nitrogens with zero attached hydrogens (tertiary/aromatic N) is 1. The van der Waals surface area contributed by atoms with Crippen molar-refractivity contribution >= 4 is 32.7 Å². The summed E-state index contributed by atoms with van der Waals surface area (Å²) in [5.74, 6) is 0.282. The summed E-state index contributed by atoms with van der Waals surface area (Å²) < 4.78 is 4.96. The molecule has 1 heterocycles. The van der Waals surface area contributed by atoms with Gasteiger partial charge >= 0.3 is 0 Å². The maximum atomic E-state index is 9.95. The van der Waals surface area contributed by atoms with Gasteiger partial charge in [0.15, 0.2) is 11.4 Å². The van der Waals surface area contributed by atoms with Crippen molar-refractivity contribution in [2.75, 3.05) is 11.1 Å². The Hall–Kier alpha value is -1.11. The molecule has 2 unspecified atom stereocenters. The molecule has 0 bridgehead atoms. The smallest absolute Gasteiger partial charge is 0.174 e. The minimum Gasteiger partial charge on any atom is -0.390 e. The Balaban J connectivity index is 2.32. The molecule has 92 valence electrons. The van der Waals surface area contributed by atoms with Gasteiger partial charge in [-0.15, -0.1) is 0 Å². The van der Waals surface area contributed by atoms with Crippen LogP contribution in [0.15, 0.2) is 22.7 Å². The minimum absolute atomic E-state index is 0.282. The van der Waals surface area contributed by atoms with Crippen molar-refractivity contribution in [3.05, 3.63) is 23.8 Å². The van der Waals surface area contributed by atoms with Gasteiger partial charge in [-0.3, -0.25) is 0 Å². The van der Waals surface area contributed by atoms with Crippen LogP contribution in [-0.2, 0) is 0 Å². The molecule has 2 aromatic rings. The van der Waals surface area contributed by atoms with Gasteiger partial charge in [0.25, 0.3) is 0 Å². The fourth-order valence-corrected chi connectivity index (χ4v) is 2.12. The molecule has 17 heavy (non-hydrogen) atoms. The number of benzene rings is 1. The lowest BCUT2D eigenvalue weighted by Gasteiger charge is -2.17. The number of anilines is 1. The predicted octanol–water partition coefficient (Wildman–Crippen LogP) is 1.59. The molecule has 0 saturated carbocycles. The fourth-order valence-electron chi connectivity index (χ4n) is 1.65. The first-order valence-corrected chi connectivity index (χ1v) is 6.32. The molecule has 6 heteroatoms. The van der Waals surface area contributed by atoms with Gasteiger partial charge < -0.3 is 20.5 Å². The number of hydrogen-bond donors (Lipinski definition) is 3. The number of hydrogen-bond acceptors (Lipinski definition) is 5. The molecule has 0 spiro atoms. The number of alkyl halides is 1. The van der Waals surface area contributed by atoms with Crippen molar-refractivity contribution in [2.24, 2.45) is 0 Å². The summed E-state index contributed by atoms with van der Waals surface area (Å²) in [7, 11) is 0. The van der Waals surface area contributed by atoms with Gasteiger partial charge in [0.05, 0.1) is 11.5 Å². The van der Waals surface area contributed by atoms with Crippen molar-refractivity contribution in [2.45, 2.75) is 18.6 Å². The Morgan fingerprint density at radius 3 is 2.88 bits per heavy atom. The van der Waals surface area contributed by atoms with Crippen molar-refractivity contribution < 1.29 is 14.7 Å². The van der Waals surface area contributed by atoms with E-state index < -0.39 is 12.2 Å². The zero-order chi connectivity index (χ0) is 12.4. The Morgan fingerprint density at radius 1 is 1.41 bits per heavy atom. The number of nitrogens with two attached hydrogens (primary N) is 1. The largest absolute Gasteiger partial charge is 0.390 e. The van der Waals surface area contributed by atoms with Gasteiger partial charge in [0.2, 0.25) is 0 Å². The van der Waals surface area contributed by atoms with E-state index in [4.69, 9.17) is 10.3 Å². The third-order valence-corrected chi connectivity index (χ3v) is 3.09. The zero-order valence-electron chi connectivity index (χ0n) is 9.01. The standard InChI is InChI=1S/C11H13BrN2O3/c12-4-3-8(15)10(16)6-1-2-9-7(5-6)11(13)14-17-9/h1-2,5,8,10,15-16H,3-4H2,(H2,13,14). The lowest BCUT2D eigenvalue weighted by molar-refractivity contribution is 0.0174. The van der Waals surface area contributed by atoms with Crippen molar-refractivity contribution in [1.82, 2.24) is 5.16 Å². The topological polar surface area (TPSA) is 92.5 Å². The summed E-state index contributed by atoms with van der Waals surface area (Å²) in [6.07, 6.45) is -1.28. The van der Waals surface area contributed by atoms with Crippen LogP contribution in [0.5, 0.6) is 0 Å². The summed E-state index contributed by atoms with van der Waals surface area (Å²) in [6, 6.07) is 5.05. The SMILES string of the molecule is Nc1noc2ccc(C(O)C(O)CCBr)cc12. The van der Waals surface area contributed by atoms with Crippen LogP contribution in [0.4, 0.5) is 5.82 Å². The number of rotatable bonds is 4. The van der Waals surface area contributed by atoms with Gasteiger partial charge in [-0.2, -0.15) is 0 Å². The molecule has 2 atom stereocenters. The summed E-state index contributed by atoms with van der Waals surface area (Å²) in [5.41, 5.74) is 6.78. The highest BCUT2D eigenvalue weighted by Crippen LogP contribution is 2.26. The number of aromatic nitrogens is 1. The van der Waals surface area contributed by atoms with Crippen molar-refractivity contribution in [3.8, 4) is 0 Å². The molecule has 0 aliphatic heterocycles. The first-order valence-electron chi connectivity index (χ1n) is 5.20. The molecule has 0 aliphatic rings. The summed E-state index contributed by atoms with van der Waals surface area (Å²) in [4.78, 5) is 0. The van der Waals surface area contributed by atoms with Crippen LogP contribution in [0.2, 0.25) is 0 Å². The number of halogens is 1. The average Bonchev–Trinajstić information content (AvgIpc) is 2.70. The van der Waals surface area contributed by atoms with E-state index in [0.717, 1.165) is 0 Å². The molecule has 4 N–H and O–H groups in total. The van der Waals surface area contributed by atoms with Crippen LogP contribution < -0.4 is 5.73 Å². The maximum Gasteiger partial charge on any atom is 0.174 e. The van der Waals surface area contributed by atoms with Gasteiger partial charge in [-0.1, -0.05) is 27.2 Å². The van der Waals surface area contributed by atoms with Crippen LogP contribution in [-0.4, -0.2) is 26.8 Å². The molecule has 0 aliphatic carbocycles. The highest BCUT2D eigenvalue weighted by atomic mass is 79.9. The van der Waals surface area contributed by atoms with E-state index in [1.165, 1.54) is 0 Å². The highest BCUT2D eigenvalue weighted by Gasteiger charge is 2.19. The van der Waals surface area contributed by atoms with Crippen LogP contribution >= 0.6 is 15.9 Å². The Bertz CT molecular complexity index is 514. The lowest BCUT2D eigenvalue weighted by atomic mass is 10.0. The molecule has 0 amide bonds. The first-order chi connectivity index (χ1) is 8.13. The van der Waals surface area contributed by atoms with Crippen LogP contribution in [0.25, 0.3) is 11.0 Å². The van der Waals surface area contributed by atoms with E-state index in [2.05, 4.69) is 21.1 Å². The molecular formula is C11H13BrN2O3. The van der Waals surface area contributed by atoms with E-state index in [1.807, 2.05) is 0 Å². The molecule has 1 aromatic heterocycles. The number of fused-ring (bicyclic) bond motifs is 1. The Kier molecular flexibility index (Phi) is 3.66. The fraction of sp³-hybridized carbons (Fsp3) is 0.364. The monoisotopic (exact) mass is 300 g/mol. The third-order valence-electron chi connectivity index (χ3n) is 2.63. The van der Waals surface area contributed by atoms with Gasteiger partial charge in [-0.05, 0) is 24.1 Å². The molecule has 0 radical (unpaired) electrons. The second-order valence-electron chi connectivity index (χ2n) is 3.81. The quantitative estimate of drug-likeness (QED) is 0.746. The molecule has 1 aromatic carbocycles. The van der Waals surface area contributed by atoms with Crippen LogP contribution in [0, 0.1) is 0 Å². The van der Waals surface area contributed by atoms with Gasteiger partial charge in [0.1, 0.15) is 6.10 Å². The van der Waals surface area contributed by atoms with E-state index in [-0.39, 0.29) is 5.82 Å². The summed E-state index contributed by atoms with van der Waals surface area (Å²) in [5, 5.41) is 24.6. The van der Waals surface area contributed by atoms with Gasteiger partial charge in [0, 0.05) is 5.33 Å². The Labute approximate surface area is 106 Å².